The normalized spacial score (nSPS) is 17.6. The second kappa shape index (κ2) is 9.99. The molecule has 0 spiro atoms. The molecule has 1 fully saturated rings. The number of halogens is 2. The maximum atomic E-state index is 14.0. The Hall–Kier alpha value is -4.51. The zero-order valence-corrected chi connectivity index (χ0v) is 21.1. The van der Waals surface area contributed by atoms with Crippen molar-refractivity contribution in [1.29, 1.82) is 0 Å². The van der Waals surface area contributed by atoms with Gasteiger partial charge in [0.05, 0.1) is 30.5 Å². The van der Waals surface area contributed by atoms with E-state index < -0.39 is 17.2 Å². The Morgan fingerprint density at radius 3 is 2.69 bits per heavy atom. The SMILES string of the molecule is Nc1ncnc2c1ncn2Cc1cc(-c2ccc(F)c(F)c2)ncc1N1CCC[C@](N)(Cc2ccccn2)C1. The average Bonchev–Trinajstić information content (AvgIpc) is 3.34. The fourth-order valence-electron chi connectivity index (χ4n) is 5.29. The van der Waals surface area contributed by atoms with E-state index in [1.807, 2.05) is 28.8 Å². The van der Waals surface area contributed by atoms with Crippen molar-refractivity contribution in [2.75, 3.05) is 23.7 Å². The minimum absolute atomic E-state index is 0.301. The lowest BCUT2D eigenvalue weighted by Gasteiger charge is -2.42. The summed E-state index contributed by atoms with van der Waals surface area (Å²) in [5.74, 6) is -1.53. The summed E-state index contributed by atoms with van der Waals surface area (Å²) in [6.07, 6.45) is 9.07. The average molecular weight is 528 g/mol. The van der Waals surface area contributed by atoms with Crippen LogP contribution in [0.15, 0.2) is 67.5 Å². The predicted octanol–water partition coefficient (Wildman–Crippen LogP) is 3.73. The number of piperidine rings is 1. The second-order valence-corrected chi connectivity index (χ2v) is 10.0. The van der Waals surface area contributed by atoms with Crippen LogP contribution in [0.2, 0.25) is 0 Å². The maximum Gasteiger partial charge on any atom is 0.165 e. The van der Waals surface area contributed by atoms with Crippen molar-refractivity contribution in [2.24, 2.45) is 5.73 Å². The molecule has 5 heterocycles. The lowest BCUT2D eigenvalue weighted by atomic mass is 9.85. The van der Waals surface area contributed by atoms with Gasteiger partial charge in [-0.15, -0.1) is 0 Å². The number of aromatic nitrogens is 6. The van der Waals surface area contributed by atoms with E-state index in [4.69, 9.17) is 11.5 Å². The molecule has 1 aliphatic heterocycles. The van der Waals surface area contributed by atoms with Gasteiger partial charge in [0.2, 0.25) is 0 Å². The summed E-state index contributed by atoms with van der Waals surface area (Å²) in [6.45, 7) is 1.82. The topological polar surface area (TPSA) is 125 Å². The van der Waals surface area contributed by atoms with Crippen molar-refractivity contribution in [3.05, 3.63) is 90.4 Å². The highest BCUT2D eigenvalue weighted by Crippen LogP contribution is 2.32. The number of anilines is 2. The number of benzene rings is 1. The number of hydrogen-bond acceptors (Lipinski definition) is 8. The minimum atomic E-state index is -0.925. The van der Waals surface area contributed by atoms with Gasteiger partial charge < -0.3 is 20.9 Å². The highest BCUT2D eigenvalue weighted by Gasteiger charge is 2.33. The van der Waals surface area contributed by atoms with E-state index in [0.717, 1.165) is 48.5 Å². The molecule has 5 aromatic rings. The minimum Gasteiger partial charge on any atom is -0.382 e. The van der Waals surface area contributed by atoms with Gasteiger partial charge in [0.25, 0.3) is 0 Å². The molecule has 0 aliphatic carbocycles. The Kier molecular flexibility index (Phi) is 6.35. The number of imidazole rings is 1. The Balaban J connectivity index is 1.39. The largest absolute Gasteiger partial charge is 0.382 e. The van der Waals surface area contributed by atoms with Crippen molar-refractivity contribution in [2.45, 2.75) is 31.3 Å². The number of nitrogens with two attached hydrogens (primary N) is 2. The molecule has 9 nitrogen and oxygen atoms in total. The Morgan fingerprint density at radius 2 is 1.87 bits per heavy atom. The van der Waals surface area contributed by atoms with Gasteiger partial charge in [0.15, 0.2) is 23.1 Å². The zero-order valence-electron chi connectivity index (χ0n) is 21.1. The number of rotatable bonds is 6. The molecule has 0 bridgehead atoms. The molecule has 1 saturated heterocycles. The quantitative estimate of drug-likeness (QED) is 0.342. The molecule has 4 N–H and O–H groups in total. The summed E-state index contributed by atoms with van der Waals surface area (Å²) in [7, 11) is 0. The molecule has 4 aromatic heterocycles. The number of nitrogens with zero attached hydrogens (tertiary/aromatic N) is 7. The summed E-state index contributed by atoms with van der Waals surface area (Å²) >= 11 is 0. The van der Waals surface area contributed by atoms with Crippen LogP contribution in [0.3, 0.4) is 0 Å². The van der Waals surface area contributed by atoms with E-state index in [1.54, 1.807) is 18.7 Å². The smallest absolute Gasteiger partial charge is 0.165 e. The van der Waals surface area contributed by atoms with Crippen LogP contribution in [0.5, 0.6) is 0 Å². The van der Waals surface area contributed by atoms with Gasteiger partial charge in [0.1, 0.15) is 11.8 Å². The first kappa shape index (κ1) is 24.8. The van der Waals surface area contributed by atoms with E-state index in [0.29, 0.717) is 47.7 Å². The molecule has 6 rings (SSSR count). The highest BCUT2D eigenvalue weighted by molar-refractivity contribution is 5.81. The van der Waals surface area contributed by atoms with Gasteiger partial charge in [-0.2, -0.15) is 0 Å². The second-order valence-electron chi connectivity index (χ2n) is 10.0. The molecule has 1 atom stereocenters. The van der Waals surface area contributed by atoms with Gasteiger partial charge in [-0.25, -0.2) is 23.7 Å². The number of nitrogen functional groups attached to an aromatic ring is 1. The summed E-state index contributed by atoms with van der Waals surface area (Å²) in [5, 5.41) is 0. The molecular formula is C28H27F2N9. The monoisotopic (exact) mass is 527 g/mol. The number of pyridine rings is 2. The van der Waals surface area contributed by atoms with Crippen LogP contribution in [0, 0.1) is 11.6 Å². The first-order chi connectivity index (χ1) is 18.9. The predicted molar refractivity (Wildman–Crippen MR) is 145 cm³/mol. The summed E-state index contributed by atoms with van der Waals surface area (Å²) in [4.78, 5) is 24.2. The van der Waals surface area contributed by atoms with Crippen LogP contribution >= 0.6 is 0 Å². The van der Waals surface area contributed by atoms with Gasteiger partial charge >= 0.3 is 0 Å². The van der Waals surface area contributed by atoms with Gasteiger partial charge in [-0.05, 0) is 54.8 Å². The van der Waals surface area contributed by atoms with Gasteiger partial charge in [-0.1, -0.05) is 6.07 Å². The van der Waals surface area contributed by atoms with Gasteiger partial charge in [0, 0.05) is 42.5 Å². The first-order valence-corrected chi connectivity index (χ1v) is 12.7. The standard InChI is InChI=1S/C28H27F2N9/c29-21-6-5-18(10-22(21)30)23-11-19(14-39-17-37-25-26(31)35-16-36-27(25)39)24(13-34-23)38-9-3-7-28(32,15-38)12-20-4-1-2-8-33-20/h1-2,4-6,8,10-11,13,16-17H,3,7,9,12,14-15,32H2,(H2,31,35,36)/t28-/m0/s1. The van der Waals surface area contributed by atoms with Crippen LogP contribution in [-0.4, -0.2) is 48.1 Å². The van der Waals surface area contributed by atoms with Crippen LogP contribution in [0.1, 0.15) is 24.1 Å². The lowest BCUT2D eigenvalue weighted by Crippen LogP contribution is -2.56. The third kappa shape index (κ3) is 5.00. The third-order valence-corrected chi connectivity index (χ3v) is 7.16. The lowest BCUT2D eigenvalue weighted by molar-refractivity contribution is 0.339. The van der Waals surface area contributed by atoms with Crippen LogP contribution in [0.4, 0.5) is 20.3 Å². The summed E-state index contributed by atoms with van der Waals surface area (Å²) < 4.78 is 29.5. The van der Waals surface area contributed by atoms with Crippen molar-refractivity contribution in [3.8, 4) is 11.3 Å². The number of fused-ring (bicyclic) bond motifs is 1. The maximum absolute atomic E-state index is 14.0. The fourth-order valence-corrected chi connectivity index (χ4v) is 5.29. The van der Waals surface area contributed by atoms with Crippen molar-refractivity contribution in [1.82, 2.24) is 29.5 Å². The molecule has 11 heteroatoms. The van der Waals surface area contributed by atoms with Crippen molar-refractivity contribution >= 4 is 22.7 Å². The van der Waals surface area contributed by atoms with E-state index in [-0.39, 0.29) is 0 Å². The van der Waals surface area contributed by atoms with Gasteiger partial charge in [-0.3, -0.25) is 9.97 Å². The Labute approximate surface area is 223 Å². The highest BCUT2D eigenvalue weighted by atomic mass is 19.2. The van der Waals surface area contributed by atoms with E-state index in [2.05, 4.69) is 29.8 Å². The fraction of sp³-hybridized carbons (Fsp3) is 0.250. The van der Waals surface area contributed by atoms with Crippen molar-refractivity contribution < 1.29 is 8.78 Å². The molecule has 1 aliphatic rings. The number of hydrogen-bond donors (Lipinski definition) is 2. The van der Waals surface area contributed by atoms with Crippen molar-refractivity contribution in [3.63, 3.8) is 0 Å². The molecule has 39 heavy (non-hydrogen) atoms. The first-order valence-electron chi connectivity index (χ1n) is 12.7. The molecule has 1 aromatic carbocycles. The Morgan fingerprint density at radius 1 is 0.974 bits per heavy atom. The van der Waals surface area contributed by atoms with E-state index >= 15 is 0 Å². The molecule has 198 valence electrons. The zero-order chi connectivity index (χ0) is 27.0. The molecule has 0 unspecified atom stereocenters. The van der Waals surface area contributed by atoms with E-state index in [9.17, 15) is 8.78 Å². The van der Waals surface area contributed by atoms with Crippen LogP contribution in [-0.2, 0) is 13.0 Å². The van der Waals surface area contributed by atoms with Crippen LogP contribution in [0.25, 0.3) is 22.4 Å². The van der Waals surface area contributed by atoms with Crippen LogP contribution < -0.4 is 16.4 Å². The van der Waals surface area contributed by atoms with E-state index in [1.165, 1.54) is 12.4 Å². The molecule has 0 radical (unpaired) electrons. The summed E-state index contributed by atoms with van der Waals surface area (Å²) in [6, 6.07) is 11.5. The third-order valence-electron chi connectivity index (χ3n) is 7.16. The molecule has 0 amide bonds. The molecular weight excluding hydrogens is 500 g/mol. The summed E-state index contributed by atoms with van der Waals surface area (Å²) in [5.41, 5.74) is 17.3. The molecule has 0 saturated carbocycles. The Bertz CT molecular complexity index is 1640.